The van der Waals surface area contributed by atoms with Crippen molar-refractivity contribution in [2.24, 2.45) is 0 Å². The molecule has 1 unspecified atom stereocenters. The number of hydrogen-bond acceptors (Lipinski definition) is 2. The fourth-order valence-electron chi connectivity index (χ4n) is 2.54. The molecule has 1 aromatic rings. The van der Waals surface area contributed by atoms with E-state index in [2.05, 4.69) is 5.32 Å². The summed E-state index contributed by atoms with van der Waals surface area (Å²) in [6, 6.07) is 4.47. The van der Waals surface area contributed by atoms with Gasteiger partial charge >= 0.3 is 12.0 Å². The number of anilines is 1. The van der Waals surface area contributed by atoms with Crippen molar-refractivity contribution in [2.45, 2.75) is 38.6 Å². The predicted molar refractivity (Wildman–Crippen MR) is 82.1 cm³/mol. The van der Waals surface area contributed by atoms with Crippen molar-refractivity contribution in [1.82, 2.24) is 4.90 Å². The Bertz CT molecular complexity index is 548. The fourth-order valence-corrected chi connectivity index (χ4v) is 2.74. The first-order chi connectivity index (χ1) is 9.99. The van der Waals surface area contributed by atoms with E-state index in [1.165, 1.54) is 12.1 Å². The number of likely N-dealkylation sites (tertiary alicyclic amines) is 1. The highest BCUT2D eigenvalue weighted by molar-refractivity contribution is 6.33. The van der Waals surface area contributed by atoms with Gasteiger partial charge in [-0.15, -0.1) is 0 Å². The molecule has 5 nitrogen and oxygen atoms in total. The minimum Gasteiger partial charge on any atom is -0.478 e. The Balaban J connectivity index is 2.11. The molecule has 0 radical (unpaired) electrons. The van der Waals surface area contributed by atoms with Crippen molar-refractivity contribution in [2.75, 3.05) is 11.9 Å². The molecule has 6 heteroatoms. The lowest BCUT2D eigenvalue weighted by Gasteiger charge is -2.27. The molecule has 1 aliphatic heterocycles. The van der Waals surface area contributed by atoms with E-state index in [0.29, 0.717) is 5.69 Å². The zero-order valence-electron chi connectivity index (χ0n) is 11.9. The van der Waals surface area contributed by atoms with Crippen LogP contribution >= 0.6 is 11.6 Å². The maximum atomic E-state index is 12.3. The van der Waals surface area contributed by atoms with Crippen LogP contribution in [0, 0.1) is 0 Å². The van der Waals surface area contributed by atoms with Crippen molar-refractivity contribution >= 4 is 29.3 Å². The van der Waals surface area contributed by atoms with Crippen molar-refractivity contribution < 1.29 is 14.7 Å². The summed E-state index contributed by atoms with van der Waals surface area (Å²) in [6.07, 6.45) is 4.26. The Morgan fingerprint density at radius 2 is 2.10 bits per heavy atom. The number of carbonyl (C=O) groups excluding carboxylic acids is 1. The number of carbonyl (C=O) groups is 2. The number of nitrogens with zero attached hydrogens (tertiary/aromatic N) is 1. The van der Waals surface area contributed by atoms with Crippen molar-refractivity contribution in [3.8, 4) is 0 Å². The molecule has 0 aliphatic carbocycles. The number of urea groups is 1. The number of carboxylic acid groups (broad SMARTS) is 1. The largest absolute Gasteiger partial charge is 0.478 e. The van der Waals surface area contributed by atoms with E-state index in [4.69, 9.17) is 16.7 Å². The summed E-state index contributed by atoms with van der Waals surface area (Å²) in [5.41, 5.74) is 0.427. The lowest BCUT2D eigenvalue weighted by atomic mass is 10.1. The van der Waals surface area contributed by atoms with E-state index in [1.807, 2.05) is 11.8 Å². The molecule has 1 aromatic carbocycles. The number of nitrogens with one attached hydrogen (secondary N) is 1. The van der Waals surface area contributed by atoms with Crippen LogP contribution < -0.4 is 5.32 Å². The van der Waals surface area contributed by atoms with Crippen molar-refractivity contribution in [3.63, 3.8) is 0 Å². The molecule has 0 saturated carbocycles. The quantitative estimate of drug-likeness (QED) is 0.872. The lowest BCUT2D eigenvalue weighted by Crippen LogP contribution is -2.41. The molecule has 1 fully saturated rings. The third-order valence-electron chi connectivity index (χ3n) is 3.76. The Morgan fingerprint density at radius 3 is 2.81 bits per heavy atom. The van der Waals surface area contributed by atoms with Crippen molar-refractivity contribution in [3.05, 3.63) is 28.8 Å². The monoisotopic (exact) mass is 310 g/mol. The van der Waals surface area contributed by atoms with Gasteiger partial charge in [0.25, 0.3) is 0 Å². The second-order valence-corrected chi connectivity index (χ2v) is 5.73. The highest BCUT2D eigenvalue weighted by Crippen LogP contribution is 2.22. The molecular weight excluding hydrogens is 292 g/mol. The average Bonchev–Trinajstić information content (AvgIpc) is 2.65. The van der Waals surface area contributed by atoms with Crippen LogP contribution in [-0.2, 0) is 0 Å². The number of hydrogen-bond donors (Lipinski definition) is 2. The molecule has 114 valence electrons. The molecule has 1 aliphatic rings. The third-order valence-corrected chi connectivity index (χ3v) is 4.09. The van der Waals surface area contributed by atoms with Gasteiger partial charge < -0.3 is 15.3 Å². The molecule has 0 spiro atoms. The average molecular weight is 311 g/mol. The molecule has 2 amide bonds. The third kappa shape index (κ3) is 3.88. The van der Waals surface area contributed by atoms with E-state index in [-0.39, 0.29) is 22.7 Å². The van der Waals surface area contributed by atoms with Crippen LogP contribution in [0.5, 0.6) is 0 Å². The van der Waals surface area contributed by atoms with Gasteiger partial charge in [-0.25, -0.2) is 9.59 Å². The number of rotatable bonds is 2. The number of benzene rings is 1. The lowest BCUT2D eigenvalue weighted by molar-refractivity contribution is 0.0697. The van der Waals surface area contributed by atoms with Gasteiger partial charge in [0.15, 0.2) is 0 Å². The zero-order chi connectivity index (χ0) is 15.4. The molecule has 1 heterocycles. The van der Waals surface area contributed by atoms with E-state index >= 15 is 0 Å². The maximum absolute atomic E-state index is 12.3. The zero-order valence-corrected chi connectivity index (χ0v) is 12.7. The second kappa shape index (κ2) is 6.80. The Labute approximate surface area is 128 Å². The predicted octanol–water partition coefficient (Wildman–Crippen LogP) is 3.83. The molecule has 1 saturated heterocycles. The number of aromatic carboxylic acids is 1. The molecule has 1 atom stereocenters. The van der Waals surface area contributed by atoms with Crippen LogP contribution in [0.4, 0.5) is 10.5 Å². The highest BCUT2D eigenvalue weighted by atomic mass is 35.5. The van der Waals surface area contributed by atoms with E-state index in [9.17, 15) is 9.59 Å². The van der Waals surface area contributed by atoms with E-state index in [1.54, 1.807) is 6.07 Å². The first-order valence-corrected chi connectivity index (χ1v) is 7.47. The van der Waals surface area contributed by atoms with Crippen LogP contribution in [0.15, 0.2) is 18.2 Å². The number of amides is 2. The number of halogens is 1. The van der Waals surface area contributed by atoms with E-state index in [0.717, 1.165) is 32.2 Å². The SMILES string of the molecule is CC1CCCCCN1C(=O)Nc1ccc(Cl)c(C(=O)O)c1. The van der Waals surface area contributed by atoms with Gasteiger partial charge in [-0.3, -0.25) is 0 Å². The fraction of sp³-hybridized carbons (Fsp3) is 0.467. The molecular formula is C15H19ClN2O3. The molecule has 21 heavy (non-hydrogen) atoms. The summed E-state index contributed by atoms with van der Waals surface area (Å²) in [6.45, 7) is 2.77. The second-order valence-electron chi connectivity index (χ2n) is 5.32. The Morgan fingerprint density at radius 1 is 1.33 bits per heavy atom. The topological polar surface area (TPSA) is 69.6 Å². The minimum absolute atomic E-state index is 0.0154. The van der Waals surface area contributed by atoms with Gasteiger partial charge in [0.05, 0.1) is 10.6 Å². The first kappa shape index (κ1) is 15.6. The molecule has 0 bridgehead atoms. The van der Waals surface area contributed by atoms with Crippen LogP contribution in [0.1, 0.15) is 43.0 Å². The highest BCUT2D eigenvalue weighted by Gasteiger charge is 2.22. The van der Waals surface area contributed by atoms with Crippen LogP contribution in [-0.4, -0.2) is 34.6 Å². The molecule has 2 N–H and O–H groups in total. The first-order valence-electron chi connectivity index (χ1n) is 7.09. The molecule has 2 rings (SSSR count). The summed E-state index contributed by atoms with van der Waals surface area (Å²) in [7, 11) is 0. The van der Waals surface area contributed by atoms with E-state index < -0.39 is 5.97 Å². The van der Waals surface area contributed by atoms with Gasteiger partial charge in [-0.1, -0.05) is 24.4 Å². The van der Waals surface area contributed by atoms with Crippen LogP contribution in [0.2, 0.25) is 5.02 Å². The maximum Gasteiger partial charge on any atom is 0.337 e. The smallest absolute Gasteiger partial charge is 0.337 e. The molecule has 0 aromatic heterocycles. The van der Waals surface area contributed by atoms with Gasteiger partial charge in [-0.05, 0) is 38.0 Å². The standard InChI is InChI=1S/C15H19ClN2O3/c1-10-5-3-2-4-8-18(10)15(21)17-11-6-7-13(16)12(9-11)14(19)20/h6-7,9-10H,2-5,8H2,1H3,(H,17,21)(H,19,20). The van der Waals surface area contributed by atoms with Crippen LogP contribution in [0.3, 0.4) is 0 Å². The van der Waals surface area contributed by atoms with Gasteiger partial charge in [0.1, 0.15) is 0 Å². The van der Waals surface area contributed by atoms with Gasteiger partial charge in [0, 0.05) is 18.3 Å². The minimum atomic E-state index is -1.11. The normalized spacial score (nSPS) is 19.0. The summed E-state index contributed by atoms with van der Waals surface area (Å²) in [5.74, 6) is -1.11. The summed E-state index contributed by atoms with van der Waals surface area (Å²) < 4.78 is 0. The Kier molecular flexibility index (Phi) is 5.07. The van der Waals surface area contributed by atoms with Gasteiger partial charge in [0.2, 0.25) is 0 Å². The summed E-state index contributed by atoms with van der Waals surface area (Å²) in [5, 5.41) is 12.0. The summed E-state index contributed by atoms with van der Waals surface area (Å²) >= 11 is 5.82. The summed E-state index contributed by atoms with van der Waals surface area (Å²) in [4.78, 5) is 25.2. The van der Waals surface area contributed by atoms with Crippen molar-refractivity contribution in [1.29, 1.82) is 0 Å². The Hall–Kier alpha value is -1.75. The van der Waals surface area contributed by atoms with Gasteiger partial charge in [-0.2, -0.15) is 0 Å². The number of carboxylic acids is 1. The van der Waals surface area contributed by atoms with Crippen LogP contribution in [0.25, 0.3) is 0 Å².